The van der Waals surface area contributed by atoms with E-state index in [-0.39, 0.29) is 25.1 Å². The van der Waals surface area contributed by atoms with Gasteiger partial charge in [-0.1, -0.05) is 55.5 Å². The van der Waals surface area contributed by atoms with Gasteiger partial charge in [0.05, 0.1) is 6.54 Å². The van der Waals surface area contributed by atoms with Gasteiger partial charge in [-0.2, -0.15) is 0 Å². The minimum atomic E-state index is -1.34. The van der Waals surface area contributed by atoms with Crippen molar-refractivity contribution in [2.45, 2.75) is 77.5 Å². The summed E-state index contributed by atoms with van der Waals surface area (Å²) in [5, 5.41) is 5.27. The molecule has 0 spiro atoms. The third-order valence-corrected chi connectivity index (χ3v) is 10.0. The van der Waals surface area contributed by atoms with Crippen molar-refractivity contribution in [1.29, 1.82) is 0 Å². The SMILES string of the molecule is CC(=O)NC1(c2ccc(OCc3cc(C)ccc3C)cc2)CCN(CC2(C)C(=O)NC(=O)N2COCC[Si](C)(C)C)C1=O. The van der Waals surface area contributed by atoms with Crippen LogP contribution in [0.3, 0.4) is 0 Å². The molecule has 0 bridgehead atoms. The topological polar surface area (TPSA) is 117 Å². The number of imide groups is 1. The highest BCUT2D eigenvalue weighted by atomic mass is 28.3. The summed E-state index contributed by atoms with van der Waals surface area (Å²) < 4.78 is 11.8. The fraction of sp³-hybridized carbons (Fsp3) is 0.500. The van der Waals surface area contributed by atoms with Crippen LogP contribution in [0.25, 0.3) is 0 Å². The van der Waals surface area contributed by atoms with Gasteiger partial charge >= 0.3 is 6.03 Å². The largest absolute Gasteiger partial charge is 0.489 e. The number of amides is 5. The molecule has 2 aromatic rings. The van der Waals surface area contributed by atoms with E-state index in [2.05, 4.69) is 48.5 Å². The molecular weight excluding hydrogens is 564 g/mol. The molecule has 0 radical (unpaired) electrons. The highest BCUT2D eigenvalue weighted by molar-refractivity contribution is 6.76. The third kappa shape index (κ3) is 7.10. The van der Waals surface area contributed by atoms with Gasteiger partial charge in [-0.3, -0.25) is 24.6 Å². The molecule has 232 valence electrons. The maximum Gasteiger partial charge on any atom is 0.326 e. The van der Waals surface area contributed by atoms with Gasteiger partial charge in [0.1, 0.15) is 30.2 Å². The Labute approximate surface area is 255 Å². The van der Waals surface area contributed by atoms with Gasteiger partial charge in [0, 0.05) is 34.6 Å². The van der Waals surface area contributed by atoms with Crippen LogP contribution in [0, 0.1) is 13.8 Å². The summed E-state index contributed by atoms with van der Waals surface area (Å²) in [7, 11) is -1.34. The number of hydrogen-bond acceptors (Lipinski definition) is 6. The lowest BCUT2D eigenvalue weighted by atomic mass is 9.88. The van der Waals surface area contributed by atoms with Gasteiger partial charge < -0.3 is 19.7 Å². The summed E-state index contributed by atoms with van der Waals surface area (Å²) in [4.78, 5) is 55.0. The molecule has 2 aliphatic heterocycles. The number of aryl methyl sites for hydroxylation is 2. The lowest BCUT2D eigenvalue weighted by Gasteiger charge is -2.36. The second kappa shape index (κ2) is 12.5. The van der Waals surface area contributed by atoms with Crippen LogP contribution in [0.4, 0.5) is 4.79 Å². The zero-order valence-corrected chi connectivity index (χ0v) is 27.3. The van der Waals surface area contributed by atoms with Gasteiger partial charge in [0.15, 0.2) is 0 Å². The van der Waals surface area contributed by atoms with E-state index in [9.17, 15) is 19.2 Å². The molecule has 2 unspecified atom stereocenters. The zero-order chi connectivity index (χ0) is 31.6. The normalized spacial score (nSPS) is 22.3. The summed E-state index contributed by atoms with van der Waals surface area (Å²) in [6.45, 7) is 14.9. The molecule has 43 heavy (non-hydrogen) atoms. The maximum absolute atomic E-state index is 14.0. The van der Waals surface area contributed by atoms with E-state index in [1.165, 1.54) is 11.8 Å². The molecule has 0 saturated carbocycles. The van der Waals surface area contributed by atoms with Gasteiger partial charge in [0.25, 0.3) is 11.8 Å². The highest BCUT2D eigenvalue weighted by Gasteiger charge is 2.55. The van der Waals surface area contributed by atoms with Crippen LogP contribution in [0.2, 0.25) is 25.7 Å². The number of rotatable bonds is 12. The lowest BCUT2D eigenvalue weighted by Crippen LogP contribution is -2.58. The number of ether oxygens (including phenoxy) is 2. The molecule has 2 heterocycles. The van der Waals surface area contributed by atoms with E-state index in [0.29, 0.717) is 37.5 Å². The van der Waals surface area contributed by atoms with E-state index in [1.54, 1.807) is 36.1 Å². The first kappa shape index (κ1) is 32.2. The Hall–Kier alpha value is -3.70. The van der Waals surface area contributed by atoms with Crippen LogP contribution in [0.1, 0.15) is 42.5 Å². The molecule has 0 aliphatic carbocycles. The van der Waals surface area contributed by atoms with Crippen LogP contribution in [-0.4, -0.2) is 73.6 Å². The number of carbonyl (C=O) groups is 4. The first-order valence-corrected chi connectivity index (χ1v) is 18.4. The van der Waals surface area contributed by atoms with Crippen molar-refractivity contribution in [1.82, 2.24) is 20.4 Å². The quantitative estimate of drug-likeness (QED) is 0.213. The summed E-state index contributed by atoms with van der Waals surface area (Å²) in [6, 6.07) is 13.8. The van der Waals surface area contributed by atoms with Crippen LogP contribution in [-0.2, 0) is 31.3 Å². The van der Waals surface area contributed by atoms with Crippen LogP contribution in [0.15, 0.2) is 42.5 Å². The molecule has 2 fully saturated rings. The van der Waals surface area contributed by atoms with E-state index in [0.717, 1.165) is 22.7 Å². The van der Waals surface area contributed by atoms with Crippen molar-refractivity contribution in [3.8, 4) is 5.75 Å². The number of likely N-dealkylation sites (tertiary alicyclic amines) is 1. The zero-order valence-electron chi connectivity index (χ0n) is 26.3. The Kier molecular flexibility index (Phi) is 9.36. The van der Waals surface area contributed by atoms with Crippen molar-refractivity contribution in [2.24, 2.45) is 0 Å². The number of carbonyl (C=O) groups excluding carboxylic acids is 4. The second-order valence-electron chi connectivity index (χ2n) is 13.1. The predicted molar refractivity (Wildman–Crippen MR) is 166 cm³/mol. The average Bonchev–Trinajstić information content (AvgIpc) is 3.33. The van der Waals surface area contributed by atoms with Crippen molar-refractivity contribution >= 4 is 31.8 Å². The van der Waals surface area contributed by atoms with Crippen molar-refractivity contribution < 1.29 is 28.7 Å². The first-order valence-electron chi connectivity index (χ1n) is 14.7. The molecule has 10 nitrogen and oxygen atoms in total. The highest BCUT2D eigenvalue weighted by Crippen LogP contribution is 2.36. The number of nitrogens with one attached hydrogen (secondary N) is 2. The van der Waals surface area contributed by atoms with Crippen molar-refractivity contribution in [2.75, 3.05) is 26.4 Å². The number of nitrogens with zero attached hydrogens (tertiary/aromatic N) is 2. The lowest BCUT2D eigenvalue weighted by molar-refractivity contribution is -0.140. The Morgan fingerprint density at radius 2 is 1.77 bits per heavy atom. The molecule has 11 heteroatoms. The van der Waals surface area contributed by atoms with Gasteiger partial charge in [-0.15, -0.1) is 0 Å². The van der Waals surface area contributed by atoms with Crippen LogP contribution < -0.4 is 15.4 Å². The maximum atomic E-state index is 14.0. The average molecular weight is 609 g/mol. The van der Waals surface area contributed by atoms with Crippen molar-refractivity contribution in [3.05, 3.63) is 64.7 Å². The minimum absolute atomic E-state index is 0.0286. The number of urea groups is 1. The molecule has 5 amide bonds. The Balaban J connectivity index is 1.49. The molecule has 2 saturated heterocycles. The van der Waals surface area contributed by atoms with Gasteiger partial charge in [0.2, 0.25) is 5.91 Å². The van der Waals surface area contributed by atoms with E-state index in [4.69, 9.17) is 9.47 Å². The summed E-state index contributed by atoms with van der Waals surface area (Å²) in [5.41, 5.74) is 1.41. The molecule has 2 atom stereocenters. The van der Waals surface area contributed by atoms with Gasteiger partial charge in [-0.25, -0.2) is 4.79 Å². The van der Waals surface area contributed by atoms with Crippen molar-refractivity contribution in [3.63, 3.8) is 0 Å². The molecular formula is C32H44N4O6Si. The van der Waals surface area contributed by atoms with Gasteiger partial charge in [-0.05, 0) is 55.6 Å². The number of hydrogen-bond donors (Lipinski definition) is 2. The first-order chi connectivity index (χ1) is 20.1. The summed E-state index contributed by atoms with van der Waals surface area (Å²) in [5.74, 6) is -0.521. The Morgan fingerprint density at radius 3 is 2.42 bits per heavy atom. The minimum Gasteiger partial charge on any atom is -0.489 e. The predicted octanol–water partition coefficient (Wildman–Crippen LogP) is 4.07. The molecule has 0 aromatic heterocycles. The molecule has 4 rings (SSSR count). The van der Waals surface area contributed by atoms with Crippen LogP contribution >= 0.6 is 0 Å². The summed E-state index contributed by atoms with van der Waals surface area (Å²) >= 11 is 0. The van der Waals surface area contributed by atoms with E-state index >= 15 is 0 Å². The second-order valence-corrected chi connectivity index (χ2v) is 18.7. The molecule has 2 aliphatic rings. The fourth-order valence-electron chi connectivity index (χ4n) is 5.55. The fourth-order valence-corrected chi connectivity index (χ4v) is 6.31. The number of benzene rings is 2. The van der Waals surface area contributed by atoms with E-state index in [1.807, 2.05) is 13.8 Å². The summed E-state index contributed by atoms with van der Waals surface area (Å²) in [6.07, 6.45) is 0.312. The molecule has 2 aromatic carbocycles. The van der Waals surface area contributed by atoms with Crippen LogP contribution in [0.5, 0.6) is 5.75 Å². The Bertz CT molecular complexity index is 1390. The molecule has 2 N–H and O–H groups in total. The third-order valence-electron chi connectivity index (χ3n) is 8.31. The Morgan fingerprint density at radius 1 is 1.07 bits per heavy atom. The monoisotopic (exact) mass is 608 g/mol. The van der Waals surface area contributed by atoms with E-state index < -0.39 is 31.1 Å². The standard InChI is InChI=1S/C32H44N4O6Si/c1-22-8-9-23(2)25(18-22)19-42-27-12-10-26(11-13-27)32(34-24(3)37)14-15-35(29(32)39)20-31(4)28(38)33-30(40)36(31)21-41-16-17-43(5,6)7/h8-13,18H,14-17,19-21H2,1-7H3,(H,34,37)(H,33,38,40). The smallest absolute Gasteiger partial charge is 0.326 e.